The third-order valence-corrected chi connectivity index (χ3v) is 7.80. The van der Waals surface area contributed by atoms with Crippen molar-refractivity contribution in [1.82, 2.24) is 0 Å². The fourth-order valence-electron chi connectivity index (χ4n) is 1.94. The molecule has 0 saturated heterocycles. The van der Waals surface area contributed by atoms with Crippen LogP contribution in [0.4, 0.5) is 11.4 Å². The molecule has 26 heavy (non-hydrogen) atoms. The lowest BCUT2D eigenvalue weighted by molar-refractivity contribution is 0.452. The number of hydrogen-bond acceptors (Lipinski definition) is 6. The number of nitrogens with one attached hydrogen (secondary N) is 2. The van der Waals surface area contributed by atoms with Gasteiger partial charge in [-0.3, -0.25) is 9.44 Å². The molecule has 0 radical (unpaired) electrons. The van der Waals surface area contributed by atoms with Gasteiger partial charge in [0.25, 0.3) is 20.0 Å². The second kappa shape index (κ2) is 7.12. The number of rotatable bonds is 6. The molecule has 0 atom stereocenters. The molecule has 0 bridgehead atoms. The topological polar surface area (TPSA) is 105 Å². The van der Waals surface area contributed by atoms with Crippen LogP contribution in [0.5, 0.6) is 0 Å². The highest BCUT2D eigenvalue weighted by atomic mass is 35.5. The summed E-state index contributed by atoms with van der Waals surface area (Å²) in [4.78, 5) is 0. The number of sulfonamides is 2. The summed E-state index contributed by atoms with van der Waals surface area (Å²) in [5.74, 6) is 0. The van der Waals surface area contributed by atoms with E-state index in [4.69, 9.17) is 27.6 Å². The first kappa shape index (κ1) is 19.1. The molecule has 0 spiro atoms. The molecule has 7 nitrogen and oxygen atoms in total. The van der Waals surface area contributed by atoms with Crippen LogP contribution >= 0.6 is 34.5 Å². The van der Waals surface area contributed by atoms with Crippen LogP contribution in [-0.4, -0.2) is 16.8 Å². The van der Waals surface area contributed by atoms with Crippen LogP contribution < -0.4 is 9.44 Å². The third kappa shape index (κ3) is 3.99. The predicted octanol–water partition coefficient (Wildman–Crippen LogP) is 4.25. The number of thiophene rings is 1. The van der Waals surface area contributed by atoms with Gasteiger partial charge in [0, 0.05) is 0 Å². The minimum atomic E-state index is -4.08. The first-order chi connectivity index (χ1) is 12.2. The smallest absolute Gasteiger partial charge is 0.295 e. The molecule has 3 aromatic rings. The van der Waals surface area contributed by atoms with Gasteiger partial charge in [-0.05, 0) is 35.7 Å². The Labute approximate surface area is 163 Å². The largest absolute Gasteiger partial charge is 0.451 e. The second-order valence-electron chi connectivity index (χ2n) is 4.89. The molecule has 0 aliphatic heterocycles. The van der Waals surface area contributed by atoms with Gasteiger partial charge in [0.1, 0.15) is 4.21 Å². The molecule has 0 aliphatic carbocycles. The molecular formula is C14H10Cl2N2O5S3. The van der Waals surface area contributed by atoms with Gasteiger partial charge in [0.15, 0.2) is 0 Å². The summed E-state index contributed by atoms with van der Waals surface area (Å²) >= 11 is 12.9. The molecule has 0 aliphatic rings. The molecule has 138 valence electrons. The maximum atomic E-state index is 12.4. The maximum absolute atomic E-state index is 12.4. The molecule has 12 heteroatoms. The van der Waals surface area contributed by atoms with Gasteiger partial charge in [0.05, 0.1) is 27.7 Å². The van der Waals surface area contributed by atoms with Crippen molar-refractivity contribution in [3.63, 3.8) is 0 Å². The van der Waals surface area contributed by atoms with Crippen molar-refractivity contribution in [3.8, 4) is 0 Å². The third-order valence-electron chi connectivity index (χ3n) is 3.07. The van der Waals surface area contributed by atoms with Crippen LogP contribution in [0.2, 0.25) is 10.0 Å². The van der Waals surface area contributed by atoms with E-state index in [1.54, 1.807) is 11.4 Å². The first-order valence-electron chi connectivity index (χ1n) is 6.81. The van der Waals surface area contributed by atoms with Crippen molar-refractivity contribution in [2.45, 2.75) is 9.30 Å². The average Bonchev–Trinajstić information content (AvgIpc) is 3.24. The van der Waals surface area contributed by atoms with Crippen molar-refractivity contribution >= 4 is 66.0 Å². The molecule has 1 aromatic carbocycles. The molecule has 0 fully saturated rings. The van der Waals surface area contributed by atoms with Crippen molar-refractivity contribution in [2.75, 3.05) is 9.44 Å². The molecule has 0 saturated carbocycles. The van der Waals surface area contributed by atoms with Crippen LogP contribution in [0.3, 0.4) is 0 Å². The maximum Gasteiger partial charge on any atom is 0.295 e. The number of furan rings is 1. The fourth-order valence-corrected chi connectivity index (χ4v) is 5.33. The fraction of sp³-hybridized carbons (Fsp3) is 0. The summed E-state index contributed by atoms with van der Waals surface area (Å²) in [5, 5.41) is 1.36. The Morgan fingerprint density at radius 2 is 1.50 bits per heavy atom. The SMILES string of the molecule is O=S(=O)(Nc1cc(Cl)c(Cl)cc1NS(=O)(=O)c1cccs1)c1ccco1. The Hall–Kier alpha value is -1.72. The molecule has 0 unspecified atom stereocenters. The van der Waals surface area contributed by atoms with Crippen LogP contribution in [-0.2, 0) is 20.0 Å². The summed E-state index contributed by atoms with van der Waals surface area (Å²) in [5.41, 5.74) is -0.182. The Balaban J connectivity index is 2.02. The molecule has 2 N–H and O–H groups in total. The van der Waals surface area contributed by atoms with Gasteiger partial charge in [-0.25, -0.2) is 8.42 Å². The van der Waals surface area contributed by atoms with E-state index in [2.05, 4.69) is 9.44 Å². The van der Waals surface area contributed by atoms with Crippen LogP contribution in [0.1, 0.15) is 0 Å². The van der Waals surface area contributed by atoms with Gasteiger partial charge in [-0.2, -0.15) is 8.42 Å². The van der Waals surface area contributed by atoms with E-state index in [0.717, 1.165) is 11.3 Å². The van der Waals surface area contributed by atoms with Crippen LogP contribution in [0.25, 0.3) is 0 Å². The monoisotopic (exact) mass is 452 g/mol. The lowest BCUT2D eigenvalue weighted by Crippen LogP contribution is -2.17. The molecule has 0 amide bonds. The van der Waals surface area contributed by atoms with Gasteiger partial charge in [-0.1, -0.05) is 29.3 Å². The summed E-state index contributed by atoms with van der Waals surface area (Å²) in [6.45, 7) is 0. The normalized spacial score (nSPS) is 12.1. The molecular weight excluding hydrogens is 443 g/mol. The first-order valence-corrected chi connectivity index (χ1v) is 11.4. The number of halogens is 2. The minimum Gasteiger partial charge on any atom is -0.451 e. The lowest BCUT2D eigenvalue weighted by Gasteiger charge is -2.14. The van der Waals surface area contributed by atoms with Crippen LogP contribution in [0.15, 0.2) is 61.8 Å². The zero-order valence-corrected chi connectivity index (χ0v) is 16.6. The van der Waals surface area contributed by atoms with E-state index < -0.39 is 20.0 Å². The predicted molar refractivity (Wildman–Crippen MR) is 101 cm³/mol. The van der Waals surface area contributed by atoms with Crippen LogP contribution in [0, 0.1) is 0 Å². The minimum absolute atomic E-state index is 0.0443. The van der Waals surface area contributed by atoms with Gasteiger partial charge in [0.2, 0.25) is 5.09 Å². The summed E-state index contributed by atoms with van der Waals surface area (Å²) < 4.78 is 59.0. The van der Waals surface area contributed by atoms with Gasteiger partial charge >= 0.3 is 0 Å². The lowest BCUT2D eigenvalue weighted by atomic mass is 10.3. The Kier molecular flexibility index (Phi) is 5.22. The summed E-state index contributed by atoms with van der Waals surface area (Å²) in [6, 6.07) is 8.07. The quantitative estimate of drug-likeness (QED) is 0.581. The van der Waals surface area contributed by atoms with Crippen molar-refractivity contribution < 1.29 is 21.3 Å². The summed E-state index contributed by atoms with van der Waals surface area (Å²) in [6.07, 6.45) is 1.20. The van der Waals surface area contributed by atoms with E-state index in [9.17, 15) is 16.8 Å². The summed E-state index contributed by atoms with van der Waals surface area (Å²) in [7, 11) is -8.01. The molecule has 3 rings (SSSR count). The second-order valence-corrected chi connectivity index (χ2v) is 10.2. The highest BCUT2D eigenvalue weighted by Crippen LogP contribution is 2.35. The van der Waals surface area contributed by atoms with E-state index in [1.807, 2.05) is 0 Å². The Bertz CT molecular complexity index is 1030. The number of benzene rings is 1. The van der Waals surface area contributed by atoms with Crippen molar-refractivity contribution in [3.05, 3.63) is 58.1 Å². The van der Waals surface area contributed by atoms with Gasteiger partial charge < -0.3 is 4.42 Å². The van der Waals surface area contributed by atoms with Gasteiger partial charge in [-0.15, -0.1) is 11.3 Å². The van der Waals surface area contributed by atoms with Crippen molar-refractivity contribution in [1.29, 1.82) is 0 Å². The Morgan fingerprint density at radius 3 is 2.00 bits per heavy atom. The number of anilines is 2. The van der Waals surface area contributed by atoms with E-state index >= 15 is 0 Å². The standard InChI is InChI=1S/C14H10Cl2N2O5S3/c15-9-7-11(17-25(19,20)13-3-1-5-23-13)12(8-10(9)16)18-26(21,22)14-4-2-6-24-14/h1-8,17-18H. The van der Waals surface area contributed by atoms with E-state index in [1.165, 1.54) is 36.6 Å². The number of hydrogen-bond donors (Lipinski definition) is 2. The molecule has 2 aromatic heterocycles. The average molecular weight is 453 g/mol. The highest BCUT2D eigenvalue weighted by molar-refractivity contribution is 7.94. The van der Waals surface area contributed by atoms with Crippen molar-refractivity contribution in [2.24, 2.45) is 0 Å². The Morgan fingerprint density at radius 1 is 0.885 bits per heavy atom. The van der Waals surface area contributed by atoms with E-state index in [-0.39, 0.29) is 30.7 Å². The zero-order valence-electron chi connectivity index (χ0n) is 12.6. The highest BCUT2D eigenvalue weighted by Gasteiger charge is 2.23. The van der Waals surface area contributed by atoms with E-state index in [0.29, 0.717) is 0 Å². The zero-order chi connectivity index (χ0) is 18.9. The molecule has 2 heterocycles.